The number of benzene rings is 1. The second-order valence-corrected chi connectivity index (χ2v) is 7.35. The first kappa shape index (κ1) is 19.4. The monoisotopic (exact) mass is 370 g/mol. The van der Waals surface area contributed by atoms with E-state index in [1.165, 1.54) is 23.5 Å². The average molecular weight is 370 g/mol. The Morgan fingerprint density at radius 1 is 1.24 bits per heavy atom. The van der Waals surface area contributed by atoms with E-state index in [4.69, 9.17) is 4.74 Å². The number of methoxy groups -OCH3 is 1. The number of hydrogen-bond donors (Lipinski definition) is 1. The first-order valence-corrected chi connectivity index (χ1v) is 9.42. The van der Waals surface area contributed by atoms with Gasteiger partial charge in [0.1, 0.15) is 0 Å². The van der Waals surface area contributed by atoms with Crippen LogP contribution in [0.4, 0.5) is 0 Å². The molecule has 138 valence electrons. The van der Waals surface area contributed by atoms with Crippen LogP contribution in [0.5, 0.6) is 0 Å². The normalized spacial score (nSPS) is 15.6. The number of nitrogens with zero attached hydrogens (tertiary/aromatic N) is 1. The van der Waals surface area contributed by atoms with Gasteiger partial charge in [-0.05, 0) is 18.6 Å². The molecule has 0 spiro atoms. The van der Waals surface area contributed by atoms with E-state index in [2.05, 4.69) is 10.1 Å². The maximum absolute atomic E-state index is 12.8. The zero-order chi connectivity index (χ0) is 18.3. The number of hydrogen-bond acceptors (Lipinski definition) is 6. The molecular weight excluding hydrogens is 348 g/mol. The second kappa shape index (κ2) is 8.93. The van der Waals surface area contributed by atoms with E-state index in [1.54, 1.807) is 12.1 Å². The number of nitrogens with one attached hydrogen (secondary N) is 1. The van der Waals surface area contributed by atoms with Crippen LogP contribution >= 0.6 is 0 Å². The van der Waals surface area contributed by atoms with Crippen molar-refractivity contribution in [2.75, 3.05) is 40.0 Å². The van der Waals surface area contributed by atoms with Gasteiger partial charge in [0, 0.05) is 26.1 Å². The minimum atomic E-state index is -3.77. The van der Waals surface area contributed by atoms with Gasteiger partial charge in [-0.15, -0.1) is 0 Å². The maximum atomic E-state index is 12.8. The summed E-state index contributed by atoms with van der Waals surface area (Å²) in [4.78, 5) is 23.4. The minimum Gasteiger partial charge on any atom is -0.469 e. The maximum Gasteiger partial charge on any atom is 0.305 e. The minimum absolute atomic E-state index is 0.0256. The quantitative estimate of drug-likeness (QED) is 0.550. The van der Waals surface area contributed by atoms with Crippen LogP contribution < -0.4 is 5.32 Å². The third-order valence-electron chi connectivity index (χ3n) is 3.79. The summed E-state index contributed by atoms with van der Waals surface area (Å²) >= 11 is 0. The van der Waals surface area contributed by atoms with Gasteiger partial charge in [0.25, 0.3) is 5.91 Å². The van der Waals surface area contributed by atoms with Gasteiger partial charge in [-0.2, -0.15) is 4.31 Å². The van der Waals surface area contributed by atoms with E-state index in [0.29, 0.717) is 19.6 Å². The summed E-state index contributed by atoms with van der Waals surface area (Å²) in [6, 6.07) is 6.10. The lowest BCUT2D eigenvalue weighted by Gasteiger charge is -2.26. The highest BCUT2D eigenvalue weighted by atomic mass is 32.2. The molecule has 1 aromatic carbocycles. The first-order valence-electron chi connectivity index (χ1n) is 7.98. The van der Waals surface area contributed by atoms with Crippen molar-refractivity contribution in [2.45, 2.75) is 17.7 Å². The Kier molecular flexibility index (Phi) is 6.91. The van der Waals surface area contributed by atoms with Gasteiger partial charge in [-0.3, -0.25) is 9.59 Å². The second-order valence-electron chi connectivity index (χ2n) is 5.45. The van der Waals surface area contributed by atoms with Crippen molar-refractivity contribution in [3.8, 4) is 0 Å². The Morgan fingerprint density at radius 2 is 1.92 bits per heavy atom. The number of ether oxygens (including phenoxy) is 2. The molecule has 1 amide bonds. The van der Waals surface area contributed by atoms with Gasteiger partial charge in [-0.1, -0.05) is 12.1 Å². The smallest absolute Gasteiger partial charge is 0.305 e. The Bertz CT molecular complexity index is 713. The van der Waals surface area contributed by atoms with Crippen LogP contribution in [0.2, 0.25) is 0 Å². The first-order chi connectivity index (χ1) is 12.0. The van der Waals surface area contributed by atoms with Gasteiger partial charge in [0.15, 0.2) is 0 Å². The standard InChI is InChI=1S/C16H22N2O6S/c1-23-15(19)7-4-8-17-16(20)13-5-2-3-6-14(13)25(21,22)18-9-11-24-12-10-18/h2-3,5-6H,4,7-12H2,1H3,(H,17,20). The topological polar surface area (TPSA) is 102 Å². The van der Waals surface area contributed by atoms with Crippen LogP contribution in [0.1, 0.15) is 23.2 Å². The van der Waals surface area contributed by atoms with E-state index in [9.17, 15) is 18.0 Å². The molecular formula is C16H22N2O6S. The number of sulfonamides is 1. The summed E-state index contributed by atoms with van der Waals surface area (Å²) in [5, 5.41) is 2.64. The highest BCUT2D eigenvalue weighted by molar-refractivity contribution is 7.89. The lowest BCUT2D eigenvalue weighted by Crippen LogP contribution is -2.41. The van der Waals surface area contributed by atoms with Crippen molar-refractivity contribution < 1.29 is 27.5 Å². The highest BCUT2D eigenvalue weighted by Crippen LogP contribution is 2.21. The molecule has 0 unspecified atom stereocenters. The number of rotatable bonds is 7. The third kappa shape index (κ3) is 5.00. The lowest BCUT2D eigenvalue weighted by molar-refractivity contribution is -0.140. The number of morpholine rings is 1. The molecule has 0 aliphatic carbocycles. The Hall–Kier alpha value is -1.97. The SMILES string of the molecule is COC(=O)CCCNC(=O)c1ccccc1S(=O)(=O)N1CCOCC1. The van der Waals surface area contributed by atoms with Crippen molar-refractivity contribution in [3.63, 3.8) is 0 Å². The van der Waals surface area contributed by atoms with E-state index < -0.39 is 15.9 Å². The summed E-state index contributed by atoms with van der Waals surface area (Å²) in [5.74, 6) is -0.846. The van der Waals surface area contributed by atoms with Crippen molar-refractivity contribution in [3.05, 3.63) is 29.8 Å². The third-order valence-corrected chi connectivity index (χ3v) is 5.75. The van der Waals surface area contributed by atoms with Crippen molar-refractivity contribution >= 4 is 21.9 Å². The van der Waals surface area contributed by atoms with Crippen molar-refractivity contribution in [1.82, 2.24) is 9.62 Å². The molecule has 0 aromatic heterocycles. The fourth-order valence-corrected chi connectivity index (χ4v) is 4.03. The molecule has 1 aromatic rings. The highest BCUT2D eigenvalue weighted by Gasteiger charge is 2.29. The largest absolute Gasteiger partial charge is 0.469 e. The van der Waals surface area contributed by atoms with Crippen molar-refractivity contribution in [2.24, 2.45) is 0 Å². The van der Waals surface area contributed by atoms with Crippen LogP contribution in [-0.2, 0) is 24.3 Å². The molecule has 1 aliphatic rings. The summed E-state index contributed by atoms with van der Waals surface area (Å²) in [5.41, 5.74) is 0.0899. The zero-order valence-corrected chi connectivity index (χ0v) is 14.9. The summed E-state index contributed by atoms with van der Waals surface area (Å²) in [6.45, 7) is 1.44. The zero-order valence-electron chi connectivity index (χ0n) is 14.1. The molecule has 9 heteroatoms. The molecule has 0 radical (unpaired) electrons. The number of carbonyl (C=O) groups excluding carboxylic acids is 2. The summed E-state index contributed by atoms with van der Waals surface area (Å²) < 4.78 is 36.6. The fourth-order valence-electron chi connectivity index (χ4n) is 2.44. The number of amides is 1. The average Bonchev–Trinajstić information content (AvgIpc) is 2.65. The molecule has 0 bridgehead atoms. The molecule has 1 aliphatic heterocycles. The van der Waals surface area contributed by atoms with E-state index in [0.717, 1.165) is 0 Å². The van der Waals surface area contributed by atoms with Gasteiger partial charge >= 0.3 is 5.97 Å². The lowest BCUT2D eigenvalue weighted by atomic mass is 10.2. The molecule has 1 N–H and O–H groups in total. The molecule has 0 atom stereocenters. The van der Waals surface area contributed by atoms with Gasteiger partial charge < -0.3 is 14.8 Å². The van der Waals surface area contributed by atoms with Crippen LogP contribution in [0.25, 0.3) is 0 Å². The molecule has 2 rings (SSSR count). The molecule has 25 heavy (non-hydrogen) atoms. The van der Waals surface area contributed by atoms with Crippen molar-refractivity contribution in [1.29, 1.82) is 0 Å². The Morgan fingerprint density at radius 3 is 2.60 bits per heavy atom. The summed E-state index contributed by atoms with van der Waals surface area (Å²) in [6.07, 6.45) is 0.599. The molecule has 1 saturated heterocycles. The van der Waals surface area contributed by atoms with Crippen LogP contribution in [-0.4, -0.2) is 64.6 Å². The summed E-state index contributed by atoms with van der Waals surface area (Å²) in [7, 11) is -2.47. The predicted octanol–water partition coefficient (Wildman–Crippen LogP) is 0.391. The van der Waals surface area contributed by atoms with Crippen LogP contribution in [0.15, 0.2) is 29.2 Å². The molecule has 1 fully saturated rings. The van der Waals surface area contributed by atoms with E-state index >= 15 is 0 Å². The Labute approximate surface area is 147 Å². The van der Waals surface area contributed by atoms with Gasteiger partial charge in [0.05, 0.1) is 30.8 Å². The van der Waals surface area contributed by atoms with E-state index in [-0.39, 0.29) is 42.5 Å². The number of carbonyl (C=O) groups is 2. The fraction of sp³-hybridized carbons (Fsp3) is 0.500. The van der Waals surface area contributed by atoms with Crippen LogP contribution in [0.3, 0.4) is 0 Å². The molecule has 8 nitrogen and oxygen atoms in total. The number of esters is 1. The molecule has 1 heterocycles. The van der Waals surface area contributed by atoms with Gasteiger partial charge in [-0.25, -0.2) is 8.42 Å². The van der Waals surface area contributed by atoms with Crippen LogP contribution in [0, 0.1) is 0 Å². The van der Waals surface area contributed by atoms with Gasteiger partial charge in [0.2, 0.25) is 10.0 Å². The molecule has 0 saturated carbocycles. The predicted molar refractivity (Wildman–Crippen MR) is 89.6 cm³/mol. The van der Waals surface area contributed by atoms with E-state index in [1.807, 2.05) is 0 Å². The Balaban J connectivity index is 2.09.